The Kier molecular flexibility index (Phi) is 5.09. The Hall–Kier alpha value is -1.48. The molecule has 30 heavy (non-hydrogen) atoms. The van der Waals surface area contributed by atoms with E-state index in [0.717, 1.165) is 5.57 Å². The summed E-state index contributed by atoms with van der Waals surface area (Å²) in [6, 6.07) is 0. The van der Waals surface area contributed by atoms with E-state index < -0.39 is 52.9 Å². The van der Waals surface area contributed by atoms with E-state index in [-0.39, 0.29) is 18.5 Å². The molecular weight excluding hydrogens is 394 g/mol. The van der Waals surface area contributed by atoms with Crippen molar-refractivity contribution in [3.05, 3.63) is 11.6 Å². The molecule has 2 aliphatic carbocycles. The van der Waals surface area contributed by atoms with Gasteiger partial charge in [0.25, 0.3) is 0 Å². The number of esters is 2. The highest BCUT2D eigenvalue weighted by molar-refractivity contribution is 5.70. The second kappa shape index (κ2) is 7.02. The van der Waals surface area contributed by atoms with E-state index in [9.17, 15) is 19.8 Å². The predicted octanol–water partition coefficient (Wildman–Crippen LogP) is 1.12. The van der Waals surface area contributed by atoms with Crippen molar-refractivity contribution in [1.82, 2.24) is 0 Å². The SMILES string of the molecule is CC1=C[C@H]2O[C@@H]3[C@H](O)[C@@H](O)C(C)(C34CO4)[C@@]2(CO[13C]([13CH3])=O)C[C@@H]1OC(=O)CC(C)C. The molecular formula is C22H32O8. The van der Waals surface area contributed by atoms with Crippen LogP contribution in [0.3, 0.4) is 0 Å². The molecule has 0 aromatic rings. The zero-order chi connectivity index (χ0) is 22.1. The second-order valence-corrected chi connectivity index (χ2v) is 9.92. The van der Waals surface area contributed by atoms with Crippen LogP contribution in [0.4, 0.5) is 0 Å². The lowest BCUT2D eigenvalue weighted by atomic mass is 9.51. The van der Waals surface area contributed by atoms with E-state index in [1.54, 1.807) is 0 Å². The van der Waals surface area contributed by atoms with E-state index in [2.05, 4.69) is 0 Å². The van der Waals surface area contributed by atoms with Crippen molar-refractivity contribution in [2.24, 2.45) is 16.7 Å². The molecule has 8 heteroatoms. The van der Waals surface area contributed by atoms with Crippen molar-refractivity contribution in [1.29, 1.82) is 0 Å². The minimum Gasteiger partial charge on any atom is -0.465 e. The second-order valence-electron chi connectivity index (χ2n) is 9.92. The average molecular weight is 426 g/mol. The zero-order valence-electron chi connectivity index (χ0n) is 18.2. The summed E-state index contributed by atoms with van der Waals surface area (Å²) in [4.78, 5) is 24.1. The Bertz CT molecular complexity index is 771. The van der Waals surface area contributed by atoms with E-state index in [1.165, 1.54) is 6.92 Å². The van der Waals surface area contributed by atoms with Crippen LogP contribution in [0.25, 0.3) is 0 Å². The highest BCUT2D eigenvalue weighted by atomic mass is 16.7. The van der Waals surface area contributed by atoms with Crippen molar-refractivity contribution in [3.8, 4) is 0 Å². The van der Waals surface area contributed by atoms with Gasteiger partial charge in [-0.1, -0.05) is 26.8 Å². The number of epoxide rings is 1. The summed E-state index contributed by atoms with van der Waals surface area (Å²) >= 11 is 0. The number of carbonyl (C=O) groups excluding carboxylic acids is 2. The minimum atomic E-state index is -1.13. The molecule has 0 aromatic carbocycles. The number of carbonyl (C=O) groups is 2. The summed E-state index contributed by atoms with van der Waals surface area (Å²) in [7, 11) is 0. The van der Waals surface area contributed by atoms with Crippen LogP contribution < -0.4 is 0 Å². The van der Waals surface area contributed by atoms with Crippen LogP contribution in [-0.2, 0) is 28.5 Å². The summed E-state index contributed by atoms with van der Waals surface area (Å²) in [5, 5.41) is 21.9. The highest BCUT2D eigenvalue weighted by Gasteiger charge is 2.85. The maximum atomic E-state index is 12.4. The normalized spacial score (nSPS) is 46.4. The van der Waals surface area contributed by atoms with E-state index in [4.69, 9.17) is 18.9 Å². The van der Waals surface area contributed by atoms with Crippen LogP contribution in [0, 0.1) is 16.7 Å². The molecule has 0 amide bonds. The average Bonchev–Trinajstić information content (AvgIpc) is 3.43. The number of hydrogen-bond donors (Lipinski definition) is 2. The Morgan fingerprint density at radius 3 is 2.57 bits per heavy atom. The van der Waals surface area contributed by atoms with Crippen LogP contribution in [0.1, 0.15) is 47.5 Å². The first-order valence-electron chi connectivity index (χ1n) is 10.7. The fourth-order valence-corrected chi connectivity index (χ4v) is 5.92. The molecule has 2 saturated heterocycles. The van der Waals surface area contributed by atoms with Crippen LogP contribution in [-0.4, -0.2) is 71.5 Å². The minimum absolute atomic E-state index is 0.0346. The standard InChI is InChI=1S/C22H32O8/c1-11(2)6-16(24)29-14-8-21(9-27-13(4)23)15(7-12(14)3)30-19-17(25)18(26)20(21,5)22(19)10-28-22/h7,11,14-15,17-19,25-26H,6,8-10H2,1-5H3/t14-,15+,17+,18+,19+,20?,21+,22?/m0/s1/i4+1,13+1. The van der Waals surface area contributed by atoms with Gasteiger partial charge in [0.2, 0.25) is 0 Å². The maximum absolute atomic E-state index is 12.4. The molecule has 0 aromatic heterocycles. The molecule has 2 aliphatic heterocycles. The molecule has 2 heterocycles. The molecule has 8 nitrogen and oxygen atoms in total. The number of fused-ring (bicyclic) bond motifs is 2. The largest absolute Gasteiger partial charge is 0.465 e. The molecule has 1 saturated carbocycles. The molecule has 2 N–H and O–H groups in total. The molecule has 0 radical (unpaired) electrons. The van der Waals surface area contributed by atoms with Gasteiger partial charge < -0.3 is 29.2 Å². The summed E-state index contributed by atoms with van der Waals surface area (Å²) < 4.78 is 23.4. The molecule has 168 valence electrons. The first-order valence-corrected chi connectivity index (χ1v) is 10.7. The van der Waals surface area contributed by atoms with E-state index >= 15 is 0 Å². The lowest BCUT2D eigenvalue weighted by Gasteiger charge is -2.58. The Morgan fingerprint density at radius 1 is 1.33 bits per heavy atom. The molecule has 4 aliphatic rings. The predicted molar refractivity (Wildman–Crippen MR) is 104 cm³/mol. The Morgan fingerprint density at radius 2 is 2.00 bits per heavy atom. The van der Waals surface area contributed by atoms with Crippen molar-refractivity contribution < 1.29 is 38.7 Å². The Balaban J connectivity index is 1.75. The van der Waals surface area contributed by atoms with E-state index in [0.29, 0.717) is 19.4 Å². The molecule has 2 unspecified atom stereocenters. The summed E-state index contributed by atoms with van der Waals surface area (Å²) in [6.45, 7) is 9.28. The Labute approximate surface area is 176 Å². The number of aliphatic hydroxyl groups is 2. The number of hydrogen-bond acceptors (Lipinski definition) is 8. The fourth-order valence-electron chi connectivity index (χ4n) is 5.92. The van der Waals surface area contributed by atoms with Gasteiger partial charge >= 0.3 is 11.9 Å². The van der Waals surface area contributed by atoms with Crippen molar-refractivity contribution in [3.63, 3.8) is 0 Å². The van der Waals surface area contributed by atoms with Gasteiger partial charge in [0, 0.05) is 30.6 Å². The molecule has 4 rings (SSSR count). The van der Waals surface area contributed by atoms with Crippen LogP contribution in [0.2, 0.25) is 0 Å². The van der Waals surface area contributed by atoms with Gasteiger partial charge in [-0.15, -0.1) is 0 Å². The maximum Gasteiger partial charge on any atom is 0.306 e. The van der Waals surface area contributed by atoms with Crippen LogP contribution in [0.5, 0.6) is 0 Å². The number of ether oxygens (including phenoxy) is 4. The number of aliphatic hydroxyl groups excluding tert-OH is 2. The van der Waals surface area contributed by atoms with Gasteiger partial charge in [0.05, 0.1) is 18.8 Å². The van der Waals surface area contributed by atoms with Gasteiger partial charge in [-0.3, -0.25) is 9.59 Å². The summed E-state index contributed by atoms with van der Waals surface area (Å²) in [5.41, 5.74) is -1.89. The first-order chi connectivity index (χ1) is 14.0. The lowest BCUT2D eigenvalue weighted by Crippen LogP contribution is -2.67. The van der Waals surface area contributed by atoms with Crippen molar-refractivity contribution >= 4 is 11.9 Å². The first kappa shape index (κ1) is 21.7. The fraction of sp³-hybridized carbons (Fsp3) is 0.818. The quantitative estimate of drug-likeness (QED) is 0.291. The molecule has 1 spiro atoms. The van der Waals surface area contributed by atoms with Gasteiger partial charge in [-0.05, 0) is 18.4 Å². The topological polar surface area (TPSA) is 115 Å². The number of rotatable bonds is 5. The van der Waals surface area contributed by atoms with Gasteiger partial charge in [0.1, 0.15) is 30.5 Å². The smallest absolute Gasteiger partial charge is 0.306 e. The summed E-state index contributed by atoms with van der Waals surface area (Å²) in [5.74, 6) is -0.584. The van der Waals surface area contributed by atoms with Crippen LogP contribution in [0.15, 0.2) is 11.6 Å². The molecule has 2 bridgehead atoms. The van der Waals surface area contributed by atoms with Gasteiger partial charge in [-0.25, -0.2) is 0 Å². The zero-order valence-corrected chi connectivity index (χ0v) is 18.2. The monoisotopic (exact) mass is 426 g/mol. The van der Waals surface area contributed by atoms with Crippen molar-refractivity contribution in [2.75, 3.05) is 13.2 Å². The van der Waals surface area contributed by atoms with E-state index in [1.807, 2.05) is 33.8 Å². The molecule has 3 fully saturated rings. The van der Waals surface area contributed by atoms with Gasteiger partial charge in [0.15, 0.2) is 0 Å². The van der Waals surface area contributed by atoms with Crippen LogP contribution >= 0.6 is 0 Å². The molecule has 8 atom stereocenters. The third-order valence-electron chi connectivity index (χ3n) is 7.74. The lowest BCUT2D eigenvalue weighted by molar-refractivity contribution is -0.239. The highest BCUT2D eigenvalue weighted by Crippen LogP contribution is 2.71. The van der Waals surface area contributed by atoms with Crippen molar-refractivity contribution in [2.45, 2.75) is 83.6 Å². The summed E-state index contributed by atoms with van der Waals surface area (Å²) in [6.07, 6.45) is -1.50. The van der Waals surface area contributed by atoms with Gasteiger partial charge in [-0.2, -0.15) is 0 Å². The third kappa shape index (κ3) is 2.80. The third-order valence-corrected chi connectivity index (χ3v) is 7.74.